The molecule has 116 valence electrons. The zero-order valence-electron chi connectivity index (χ0n) is 12.9. The highest BCUT2D eigenvalue weighted by atomic mass is 16.5. The Balaban J connectivity index is 2.90. The standard InChI is InChI=1S/C16H23NO4/c1-10(2)9-13(16(19)20)17-15(18)12-7-5-6-8-14(12)21-11(3)4/h5-8,10-11,13H,9H2,1-4H3,(H,17,18)(H,19,20)/t13-/m1/s1. The van der Waals surface area contributed by atoms with E-state index >= 15 is 0 Å². The van der Waals surface area contributed by atoms with Gasteiger partial charge in [-0.2, -0.15) is 0 Å². The molecule has 1 amide bonds. The zero-order valence-corrected chi connectivity index (χ0v) is 12.9. The molecule has 1 rings (SSSR count). The highest BCUT2D eigenvalue weighted by Gasteiger charge is 2.23. The summed E-state index contributed by atoms with van der Waals surface area (Å²) in [6.45, 7) is 7.57. The first-order valence-corrected chi connectivity index (χ1v) is 7.10. The van der Waals surface area contributed by atoms with E-state index in [2.05, 4.69) is 5.32 Å². The van der Waals surface area contributed by atoms with E-state index in [-0.39, 0.29) is 12.0 Å². The molecule has 5 nitrogen and oxygen atoms in total. The Morgan fingerprint density at radius 2 is 1.81 bits per heavy atom. The number of carbonyl (C=O) groups is 2. The number of benzene rings is 1. The van der Waals surface area contributed by atoms with E-state index in [1.165, 1.54) is 0 Å². The van der Waals surface area contributed by atoms with Crippen molar-refractivity contribution in [1.29, 1.82) is 0 Å². The van der Waals surface area contributed by atoms with Crippen molar-refractivity contribution in [2.45, 2.75) is 46.3 Å². The summed E-state index contributed by atoms with van der Waals surface area (Å²) in [5.74, 6) is -0.828. The molecule has 1 aromatic rings. The lowest BCUT2D eigenvalue weighted by molar-refractivity contribution is -0.139. The lowest BCUT2D eigenvalue weighted by Gasteiger charge is -2.18. The van der Waals surface area contributed by atoms with Gasteiger partial charge in [-0.05, 0) is 38.3 Å². The molecule has 0 saturated heterocycles. The summed E-state index contributed by atoms with van der Waals surface area (Å²) in [6, 6.07) is 5.93. The highest BCUT2D eigenvalue weighted by Crippen LogP contribution is 2.19. The number of carboxylic acids is 1. The summed E-state index contributed by atoms with van der Waals surface area (Å²) in [6.07, 6.45) is 0.318. The quantitative estimate of drug-likeness (QED) is 0.810. The Morgan fingerprint density at radius 1 is 1.19 bits per heavy atom. The van der Waals surface area contributed by atoms with Crippen LogP contribution in [0.1, 0.15) is 44.5 Å². The van der Waals surface area contributed by atoms with Crippen LogP contribution in [0.4, 0.5) is 0 Å². The van der Waals surface area contributed by atoms with Crippen LogP contribution in [0.15, 0.2) is 24.3 Å². The molecule has 0 spiro atoms. The predicted molar refractivity (Wildman–Crippen MR) is 80.6 cm³/mol. The van der Waals surface area contributed by atoms with Gasteiger partial charge < -0.3 is 15.2 Å². The third-order valence-electron chi connectivity index (χ3n) is 2.80. The van der Waals surface area contributed by atoms with Gasteiger partial charge in [0.2, 0.25) is 0 Å². The van der Waals surface area contributed by atoms with E-state index in [0.29, 0.717) is 17.7 Å². The molecule has 0 unspecified atom stereocenters. The van der Waals surface area contributed by atoms with Crippen LogP contribution in [0.25, 0.3) is 0 Å². The molecule has 0 aromatic heterocycles. The summed E-state index contributed by atoms with van der Waals surface area (Å²) in [5.41, 5.74) is 0.348. The van der Waals surface area contributed by atoms with Gasteiger partial charge in [0.25, 0.3) is 5.91 Å². The number of hydrogen-bond acceptors (Lipinski definition) is 3. The second-order valence-electron chi connectivity index (χ2n) is 5.66. The predicted octanol–water partition coefficient (Wildman–Crippen LogP) is 2.70. The second-order valence-corrected chi connectivity index (χ2v) is 5.66. The maximum Gasteiger partial charge on any atom is 0.326 e. The van der Waals surface area contributed by atoms with Crippen LogP contribution < -0.4 is 10.1 Å². The minimum atomic E-state index is -1.03. The molecule has 0 heterocycles. The van der Waals surface area contributed by atoms with Gasteiger partial charge in [-0.25, -0.2) is 4.79 Å². The van der Waals surface area contributed by atoms with Gasteiger partial charge >= 0.3 is 5.97 Å². The van der Waals surface area contributed by atoms with Crippen LogP contribution >= 0.6 is 0 Å². The molecule has 0 aliphatic heterocycles. The number of carbonyl (C=O) groups excluding carboxylic acids is 1. The average molecular weight is 293 g/mol. The molecule has 1 aromatic carbocycles. The average Bonchev–Trinajstić information content (AvgIpc) is 2.37. The molecule has 5 heteroatoms. The van der Waals surface area contributed by atoms with E-state index in [1.54, 1.807) is 24.3 Å². The molecule has 0 fully saturated rings. The maximum absolute atomic E-state index is 12.3. The molecular formula is C16H23NO4. The molecule has 0 aliphatic rings. The van der Waals surface area contributed by atoms with Crippen LogP contribution in [-0.2, 0) is 4.79 Å². The van der Waals surface area contributed by atoms with Crippen LogP contribution in [0.3, 0.4) is 0 Å². The smallest absolute Gasteiger partial charge is 0.326 e. The van der Waals surface area contributed by atoms with Gasteiger partial charge in [0.15, 0.2) is 0 Å². The highest BCUT2D eigenvalue weighted by molar-refractivity contribution is 5.98. The second kappa shape index (κ2) is 7.67. The van der Waals surface area contributed by atoms with Crippen molar-refractivity contribution in [1.82, 2.24) is 5.32 Å². The number of hydrogen-bond donors (Lipinski definition) is 2. The van der Waals surface area contributed by atoms with E-state index < -0.39 is 17.9 Å². The largest absolute Gasteiger partial charge is 0.490 e. The van der Waals surface area contributed by atoms with Crippen LogP contribution in [0.5, 0.6) is 5.75 Å². The minimum Gasteiger partial charge on any atom is -0.490 e. The monoisotopic (exact) mass is 293 g/mol. The Labute approximate surface area is 125 Å². The fraction of sp³-hybridized carbons (Fsp3) is 0.500. The topological polar surface area (TPSA) is 75.6 Å². The molecule has 0 saturated carbocycles. The summed E-state index contributed by atoms with van der Waals surface area (Å²) in [5, 5.41) is 11.7. The van der Waals surface area contributed by atoms with Crippen molar-refractivity contribution >= 4 is 11.9 Å². The lowest BCUT2D eigenvalue weighted by Crippen LogP contribution is -2.41. The molecule has 0 bridgehead atoms. The third-order valence-corrected chi connectivity index (χ3v) is 2.80. The van der Waals surface area contributed by atoms with Gasteiger partial charge in [-0.15, -0.1) is 0 Å². The first-order valence-electron chi connectivity index (χ1n) is 7.10. The molecule has 2 N–H and O–H groups in total. The summed E-state index contributed by atoms with van der Waals surface area (Å²) >= 11 is 0. The fourth-order valence-electron chi connectivity index (χ4n) is 1.94. The van der Waals surface area contributed by atoms with E-state index in [0.717, 1.165) is 0 Å². The number of aliphatic carboxylic acids is 1. The van der Waals surface area contributed by atoms with E-state index in [9.17, 15) is 14.7 Å². The third kappa shape index (κ3) is 5.45. The Morgan fingerprint density at radius 3 is 2.33 bits per heavy atom. The zero-order chi connectivity index (χ0) is 16.0. The van der Waals surface area contributed by atoms with E-state index in [1.807, 2.05) is 27.7 Å². The fourth-order valence-corrected chi connectivity index (χ4v) is 1.94. The van der Waals surface area contributed by atoms with Crippen molar-refractivity contribution in [2.24, 2.45) is 5.92 Å². The number of rotatable bonds is 7. The Bertz CT molecular complexity index is 497. The number of ether oxygens (including phenoxy) is 1. The molecule has 0 aliphatic carbocycles. The lowest BCUT2D eigenvalue weighted by atomic mass is 10.0. The SMILES string of the molecule is CC(C)C[C@@H](NC(=O)c1ccccc1OC(C)C)C(=O)O. The maximum atomic E-state index is 12.3. The number of nitrogens with one attached hydrogen (secondary N) is 1. The number of amides is 1. The van der Waals surface area contributed by atoms with Crippen LogP contribution in [-0.4, -0.2) is 29.1 Å². The van der Waals surface area contributed by atoms with Crippen molar-refractivity contribution in [2.75, 3.05) is 0 Å². The Hall–Kier alpha value is -2.04. The molecule has 21 heavy (non-hydrogen) atoms. The van der Waals surface area contributed by atoms with Gasteiger partial charge in [0.1, 0.15) is 11.8 Å². The summed E-state index contributed by atoms with van der Waals surface area (Å²) < 4.78 is 5.58. The first-order chi connectivity index (χ1) is 9.81. The van der Waals surface area contributed by atoms with E-state index in [4.69, 9.17) is 4.74 Å². The van der Waals surface area contributed by atoms with Crippen molar-refractivity contribution in [3.63, 3.8) is 0 Å². The normalized spacial score (nSPS) is 12.3. The van der Waals surface area contributed by atoms with Crippen molar-refractivity contribution in [3.05, 3.63) is 29.8 Å². The first kappa shape index (κ1) is 17.0. The van der Waals surface area contributed by atoms with Crippen molar-refractivity contribution < 1.29 is 19.4 Å². The number of carboxylic acid groups (broad SMARTS) is 1. The van der Waals surface area contributed by atoms with Gasteiger partial charge in [0.05, 0.1) is 11.7 Å². The van der Waals surface area contributed by atoms with Crippen LogP contribution in [0, 0.1) is 5.92 Å². The van der Waals surface area contributed by atoms with Gasteiger partial charge in [-0.1, -0.05) is 26.0 Å². The Kier molecular flexibility index (Phi) is 6.21. The summed E-state index contributed by atoms with van der Waals surface area (Å²) in [7, 11) is 0. The van der Waals surface area contributed by atoms with Crippen molar-refractivity contribution in [3.8, 4) is 5.75 Å². The summed E-state index contributed by atoms with van der Waals surface area (Å²) in [4.78, 5) is 23.5. The number of para-hydroxylation sites is 1. The van der Waals surface area contributed by atoms with Gasteiger partial charge in [0, 0.05) is 0 Å². The molecular weight excluding hydrogens is 270 g/mol. The molecule has 1 atom stereocenters. The van der Waals surface area contributed by atoms with Crippen LogP contribution in [0.2, 0.25) is 0 Å². The molecule has 0 radical (unpaired) electrons. The van der Waals surface area contributed by atoms with Gasteiger partial charge in [-0.3, -0.25) is 4.79 Å². The minimum absolute atomic E-state index is 0.0649.